The van der Waals surface area contributed by atoms with E-state index in [1.54, 1.807) is 39.0 Å². The minimum atomic E-state index is -1.55. The molecule has 9 heteroatoms. The van der Waals surface area contributed by atoms with Gasteiger partial charge in [-0.15, -0.1) is 0 Å². The molecule has 0 amide bonds. The third-order valence-electron chi connectivity index (χ3n) is 6.25. The van der Waals surface area contributed by atoms with Crippen LogP contribution in [0.15, 0.2) is 53.6 Å². The van der Waals surface area contributed by atoms with Crippen molar-refractivity contribution >= 4 is 23.3 Å². The van der Waals surface area contributed by atoms with Crippen LogP contribution >= 0.6 is 0 Å². The summed E-state index contributed by atoms with van der Waals surface area (Å²) in [6, 6.07) is 14.5. The summed E-state index contributed by atoms with van der Waals surface area (Å²) in [5.41, 5.74) is 3.12. The lowest BCUT2D eigenvalue weighted by atomic mass is 9.61. The van der Waals surface area contributed by atoms with Gasteiger partial charge < -0.3 is 24.1 Å². The number of ether oxygens (including phenoxy) is 4. The number of esters is 2. The lowest BCUT2D eigenvalue weighted by Gasteiger charge is -2.45. The highest BCUT2D eigenvalue weighted by Crippen LogP contribution is 2.49. The molecular weight excluding hydrogens is 452 g/mol. The van der Waals surface area contributed by atoms with Crippen LogP contribution in [0.1, 0.15) is 38.7 Å². The second kappa shape index (κ2) is 10.4. The number of fused-ring (bicyclic) bond motifs is 1. The number of anilines is 1. The molecule has 0 radical (unpaired) electrons. The lowest BCUT2D eigenvalue weighted by molar-refractivity contribution is -0.163. The highest BCUT2D eigenvalue weighted by Gasteiger charge is 2.56. The van der Waals surface area contributed by atoms with E-state index >= 15 is 0 Å². The van der Waals surface area contributed by atoms with E-state index in [9.17, 15) is 14.7 Å². The van der Waals surface area contributed by atoms with Crippen molar-refractivity contribution in [2.45, 2.75) is 38.7 Å². The Labute approximate surface area is 204 Å². The Bertz CT molecular complexity index is 1100. The summed E-state index contributed by atoms with van der Waals surface area (Å²) in [4.78, 5) is 26.6. The summed E-state index contributed by atoms with van der Waals surface area (Å²) in [6.45, 7) is 5.35. The number of carbonyl (C=O) groups excluding carboxylic acids is 2. The van der Waals surface area contributed by atoms with Crippen molar-refractivity contribution in [2.75, 3.05) is 25.4 Å². The highest BCUT2D eigenvalue weighted by molar-refractivity contribution is 6.06. The van der Waals surface area contributed by atoms with Crippen LogP contribution in [0.25, 0.3) is 0 Å². The zero-order valence-electron chi connectivity index (χ0n) is 20.0. The fraction of sp³-hybridized carbons (Fsp3) is 0.423. The van der Waals surface area contributed by atoms with E-state index in [0.29, 0.717) is 22.8 Å². The summed E-state index contributed by atoms with van der Waals surface area (Å²) < 4.78 is 21.7. The van der Waals surface area contributed by atoms with Crippen LogP contribution < -0.4 is 14.9 Å². The summed E-state index contributed by atoms with van der Waals surface area (Å²) in [5.74, 6) is -2.87. The van der Waals surface area contributed by atoms with Gasteiger partial charge >= 0.3 is 11.9 Å². The van der Waals surface area contributed by atoms with E-state index in [2.05, 4.69) is 10.5 Å². The monoisotopic (exact) mass is 482 g/mol. The number of nitrogens with one attached hydrogen (secondary N) is 1. The molecule has 4 atom stereocenters. The van der Waals surface area contributed by atoms with Crippen LogP contribution in [-0.2, 0) is 19.1 Å². The van der Waals surface area contributed by atoms with Crippen LogP contribution in [0.3, 0.4) is 0 Å². The Morgan fingerprint density at radius 2 is 1.74 bits per heavy atom. The Balaban J connectivity index is 1.84. The quantitative estimate of drug-likeness (QED) is 0.455. The molecule has 0 spiro atoms. The Morgan fingerprint density at radius 1 is 1.06 bits per heavy atom. The molecular formula is C26H30N2O7. The molecule has 2 N–H and O–H groups in total. The van der Waals surface area contributed by atoms with E-state index in [0.717, 1.165) is 5.69 Å². The minimum absolute atomic E-state index is 0.0269. The first-order chi connectivity index (χ1) is 16.9. The van der Waals surface area contributed by atoms with Gasteiger partial charge in [-0.2, -0.15) is 5.10 Å². The van der Waals surface area contributed by atoms with Gasteiger partial charge in [-0.1, -0.05) is 24.3 Å². The molecule has 1 saturated carbocycles. The summed E-state index contributed by atoms with van der Waals surface area (Å²) in [7, 11) is 0. The Kier molecular flexibility index (Phi) is 7.25. The highest BCUT2D eigenvalue weighted by atomic mass is 16.7. The van der Waals surface area contributed by atoms with Crippen molar-refractivity contribution < 1.29 is 33.6 Å². The molecule has 186 valence electrons. The maximum absolute atomic E-state index is 13.4. The molecule has 1 aliphatic heterocycles. The fourth-order valence-electron chi connectivity index (χ4n) is 4.78. The molecule has 0 aromatic heterocycles. The fourth-order valence-corrected chi connectivity index (χ4v) is 4.78. The SMILES string of the molecule is CCOC(=O)[C@H]1C(=NNc2ccccc2)C[C@](C)(O)[C@@H](C(=O)OCC)[C@@H]1c1ccc2c(c1)OCO2. The maximum Gasteiger partial charge on any atom is 0.315 e. The molecule has 1 aliphatic carbocycles. The molecule has 2 aromatic rings. The average Bonchev–Trinajstić information content (AvgIpc) is 3.30. The van der Waals surface area contributed by atoms with E-state index < -0.39 is 35.3 Å². The van der Waals surface area contributed by atoms with Gasteiger partial charge in [0.25, 0.3) is 0 Å². The number of hydrogen-bond donors (Lipinski definition) is 2. The Morgan fingerprint density at radius 3 is 2.46 bits per heavy atom. The van der Waals surface area contributed by atoms with E-state index in [1.807, 2.05) is 30.3 Å². The first kappa shape index (κ1) is 24.5. The van der Waals surface area contributed by atoms with Gasteiger partial charge in [0.05, 0.1) is 36.1 Å². The molecule has 4 rings (SSSR count). The van der Waals surface area contributed by atoms with Crippen LogP contribution in [0.2, 0.25) is 0 Å². The molecule has 0 unspecified atom stereocenters. The van der Waals surface area contributed by atoms with Crippen molar-refractivity contribution in [3.63, 3.8) is 0 Å². The minimum Gasteiger partial charge on any atom is -0.466 e. The van der Waals surface area contributed by atoms with Crippen LogP contribution in [0, 0.1) is 11.8 Å². The topological polar surface area (TPSA) is 116 Å². The molecule has 0 saturated heterocycles. The first-order valence-corrected chi connectivity index (χ1v) is 11.7. The van der Waals surface area contributed by atoms with E-state index in [1.165, 1.54) is 0 Å². The largest absolute Gasteiger partial charge is 0.466 e. The smallest absolute Gasteiger partial charge is 0.315 e. The van der Waals surface area contributed by atoms with Gasteiger partial charge in [0, 0.05) is 12.3 Å². The van der Waals surface area contributed by atoms with Crippen molar-refractivity contribution in [3.05, 3.63) is 54.1 Å². The maximum atomic E-state index is 13.4. The number of carbonyl (C=O) groups is 2. The van der Waals surface area contributed by atoms with Crippen LogP contribution in [0.5, 0.6) is 11.5 Å². The third kappa shape index (κ3) is 5.09. The average molecular weight is 483 g/mol. The van der Waals surface area contributed by atoms with Crippen molar-refractivity contribution in [1.82, 2.24) is 0 Å². The number of benzene rings is 2. The van der Waals surface area contributed by atoms with Gasteiger partial charge in [-0.05, 0) is 50.6 Å². The van der Waals surface area contributed by atoms with Crippen molar-refractivity contribution in [1.29, 1.82) is 0 Å². The normalized spacial score (nSPS) is 26.3. The van der Waals surface area contributed by atoms with Gasteiger partial charge in [0.2, 0.25) is 6.79 Å². The van der Waals surface area contributed by atoms with E-state index in [4.69, 9.17) is 18.9 Å². The predicted molar refractivity (Wildman–Crippen MR) is 128 cm³/mol. The first-order valence-electron chi connectivity index (χ1n) is 11.7. The molecule has 0 bridgehead atoms. The van der Waals surface area contributed by atoms with Gasteiger partial charge in [0.15, 0.2) is 11.5 Å². The standard InChI is InChI=1S/C26H30N2O7/c1-4-32-24(29)22-18(28-27-17-9-7-6-8-10-17)14-26(3,31)23(25(30)33-5-2)21(22)16-11-12-19-20(13-16)35-15-34-19/h6-13,21-23,27,31H,4-5,14-15H2,1-3H3/t21-,22+,23-,26+/m1/s1. The zero-order chi connectivity index (χ0) is 25.0. The van der Waals surface area contributed by atoms with Crippen molar-refractivity contribution in [3.8, 4) is 11.5 Å². The summed E-state index contributed by atoms with van der Waals surface area (Å²) in [6.07, 6.45) is -0.0269. The third-order valence-corrected chi connectivity index (χ3v) is 6.25. The van der Waals surface area contributed by atoms with E-state index in [-0.39, 0.29) is 26.4 Å². The lowest BCUT2D eigenvalue weighted by Crippen LogP contribution is -2.55. The molecule has 35 heavy (non-hydrogen) atoms. The number of aliphatic hydroxyl groups is 1. The Hall–Kier alpha value is -3.59. The van der Waals surface area contributed by atoms with Crippen LogP contribution in [0.4, 0.5) is 5.69 Å². The molecule has 2 aliphatic rings. The zero-order valence-corrected chi connectivity index (χ0v) is 20.0. The molecule has 1 fully saturated rings. The summed E-state index contributed by atoms with van der Waals surface area (Å²) in [5, 5.41) is 16.1. The number of rotatable bonds is 7. The molecule has 1 heterocycles. The number of hydrazone groups is 1. The van der Waals surface area contributed by atoms with Crippen LogP contribution in [-0.4, -0.2) is 48.4 Å². The van der Waals surface area contributed by atoms with Gasteiger partial charge in [0.1, 0.15) is 5.92 Å². The second-order valence-electron chi connectivity index (χ2n) is 8.71. The molecule has 9 nitrogen and oxygen atoms in total. The summed E-state index contributed by atoms with van der Waals surface area (Å²) >= 11 is 0. The number of hydrogen-bond acceptors (Lipinski definition) is 9. The molecule has 2 aromatic carbocycles. The predicted octanol–water partition coefficient (Wildman–Crippen LogP) is 3.48. The number of para-hydroxylation sites is 1. The van der Waals surface area contributed by atoms with Crippen molar-refractivity contribution in [2.24, 2.45) is 16.9 Å². The number of nitrogens with zero attached hydrogens (tertiary/aromatic N) is 1. The van der Waals surface area contributed by atoms with Gasteiger partial charge in [-0.3, -0.25) is 15.0 Å². The second-order valence-corrected chi connectivity index (χ2v) is 8.71. The van der Waals surface area contributed by atoms with Gasteiger partial charge in [-0.25, -0.2) is 0 Å².